The molecular weight excluding hydrogens is 296 g/mol. The second-order valence-electron chi connectivity index (χ2n) is 4.36. The molecule has 1 unspecified atom stereocenters. The van der Waals surface area contributed by atoms with Crippen LogP contribution >= 0.6 is 11.6 Å². The van der Waals surface area contributed by atoms with Crippen LogP contribution in [0.3, 0.4) is 0 Å². The number of esters is 1. The molecule has 0 saturated heterocycles. The summed E-state index contributed by atoms with van der Waals surface area (Å²) in [5, 5.41) is 1.02. The van der Waals surface area contributed by atoms with Gasteiger partial charge in [0.05, 0.1) is 6.61 Å². The molecule has 0 spiro atoms. The zero-order chi connectivity index (χ0) is 15.6. The number of benzene rings is 1. The third-order valence-electron chi connectivity index (χ3n) is 3.01. The highest BCUT2D eigenvalue weighted by Crippen LogP contribution is 2.29. The number of H-pyrrole nitrogens is 1. The number of nitrogens with one attached hydrogen (secondary N) is 1. The summed E-state index contributed by atoms with van der Waals surface area (Å²) in [5.74, 6) is -2.93. The van der Waals surface area contributed by atoms with Crippen LogP contribution in [0.25, 0.3) is 10.8 Å². The summed E-state index contributed by atoms with van der Waals surface area (Å²) in [6.07, 6.45) is 1.46. The lowest BCUT2D eigenvalue weighted by molar-refractivity contribution is -0.147. The molecule has 6 nitrogen and oxygen atoms in total. The average molecular weight is 309 g/mol. The fraction of sp³-hybridized carbons (Fsp3) is 0.214. The summed E-state index contributed by atoms with van der Waals surface area (Å²) in [6, 6.07) is 4.54. The van der Waals surface area contributed by atoms with Crippen molar-refractivity contribution < 1.29 is 14.3 Å². The summed E-state index contributed by atoms with van der Waals surface area (Å²) < 4.78 is 4.84. The van der Waals surface area contributed by atoms with Gasteiger partial charge in [0.2, 0.25) is 5.91 Å². The summed E-state index contributed by atoms with van der Waals surface area (Å²) in [6.45, 7) is 1.74. The molecule has 0 fully saturated rings. The van der Waals surface area contributed by atoms with Crippen molar-refractivity contribution in [2.75, 3.05) is 6.61 Å². The highest BCUT2D eigenvalue weighted by Gasteiger charge is 2.30. The number of aromatic amines is 1. The van der Waals surface area contributed by atoms with Crippen LogP contribution in [0, 0.1) is 0 Å². The van der Waals surface area contributed by atoms with Crippen LogP contribution in [0.2, 0.25) is 5.02 Å². The van der Waals surface area contributed by atoms with Gasteiger partial charge in [-0.1, -0.05) is 11.6 Å². The maximum absolute atomic E-state index is 11.9. The Morgan fingerprint density at radius 1 is 1.43 bits per heavy atom. The Bertz CT molecular complexity index is 769. The van der Waals surface area contributed by atoms with Crippen molar-refractivity contribution in [1.82, 2.24) is 4.98 Å². The van der Waals surface area contributed by atoms with Crippen LogP contribution in [-0.4, -0.2) is 23.5 Å². The maximum atomic E-state index is 11.9. The third-order valence-corrected chi connectivity index (χ3v) is 3.34. The first-order valence-electron chi connectivity index (χ1n) is 6.22. The van der Waals surface area contributed by atoms with E-state index in [-0.39, 0.29) is 22.8 Å². The highest BCUT2D eigenvalue weighted by molar-refractivity contribution is 6.33. The van der Waals surface area contributed by atoms with E-state index in [4.69, 9.17) is 22.1 Å². The summed E-state index contributed by atoms with van der Waals surface area (Å²) in [7, 11) is 0. The second kappa shape index (κ2) is 5.97. The van der Waals surface area contributed by atoms with Crippen LogP contribution in [0.1, 0.15) is 18.4 Å². The minimum Gasteiger partial charge on any atom is -0.465 e. The van der Waals surface area contributed by atoms with Crippen molar-refractivity contribution in [2.24, 2.45) is 5.73 Å². The molecule has 1 aromatic carbocycles. The number of carbonyl (C=O) groups excluding carboxylic acids is 2. The largest absolute Gasteiger partial charge is 0.465 e. The van der Waals surface area contributed by atoms with Crippen molar-refractivity contribution in [3.05, 3.63) is 45.3 Å². The molecule has 2 rings (SSSR count). The van der Waals surface area contributed by atoms with Crippen LogP contribution < -0.4 is 11.3 Å². The van der Waals surface area contributed by atoms with Gasteiger partial charge in [0.1, 0.15) is 0 Å². The number of fused-ring (bicyclic) bond motifs is 1. The van der Waals surface area contributed by atoms with Crippen molar-refractivity contribution >= 4 is 34.2 Å². The normalized spacial score (nSPS) is 12.1. The topological polar surface area (TPSA) is 102 Å². The number of aromatic nitrogens is 1. The fourth-order valence-electron chi connectivity index (χ4n) is 2.07. The first-order valence-corrected chi connectivity index (χ1v) is 6.60. The maximum Gasteiger partial charge on any atom is 0.323 e. The van der Waals surface area contributed by atoms with Gasteiger partial charge in [-0.15, -0.1) is 0 Å². The monoisotopic (exact) mass is 308 g/mol. The average Bonchev–Trinajstić information content (AvgIpc) is 2.41. The standard InChI is InChI=1S/C14H13ClN2O4/c1-2-21-14(20)11(12(16)18)9-5-7-3-4-17-13(19)8(7)6-10(9)15/h3-6,11H,2H2,1H3,(H2,16,18)(H,17,19). The Morgan fingerprint density at radius 2 is 2.14 bits per heavy atom. The number of hydrogen-bond donors (Lipinski definition) is 2. The fourth-order valence-corrected chi connectivity index (χ4v) is 2.34. The molecule has 1 atom stereocenters. The number of amides is 1. The lowest BCUT2D eigenvalue weighted by atomic mass is 9.96. The quantitative estimate of drug-likeness (QED) is 0.656. The Labute approximate surface area is 124 Å². The molecule has 1 aromatic heterocycles. The van der Waals surface area contributed by atoms with Gasteiger partial charge < -0.3 is 15.5 Å². The summed E-state index contributed by atoms with van der Waals surface area (Å²) in [4.78, 5) is 37.7. The predicted molar refractivity (Wildman–Crippen MR) is 78.1 cm³/mol. The van der Waals surface area contributed by atoms with E-state index in [1.807, 2.05) is 0 Å². The third kappa shape index (κ3) is 2.90. The Morgan fingerprint density at radius 3 is 2.76 bits per heavy atom. The van der Waals surface area contributed by atoms with E-state index in [0.29, 0.717) is 10.8 Å². The van der Waals surface area contributed by atoms with E-state index in [0.717, 1.165) is 0 Å². The van der Waals surface area contributed by atoms with Gasteiger partial charge in [0.15, 0.2) is 5.92 Å². The SMILES string of the molecule is CCOC(=O)C(C(N)=O)c1cc2cc[nH]c(=O)c2cc1Cl. The van der Waals surface area contributed by atoms with Gasteiger partial charge >= 0.3 is 5.97 Å². The van der Waals surface area contributed by atoms with Crippen LogP contribution in [0.4, 0.5) is 0 Å². The first kappa shape index (κ1) is 15.1. The van der Waals surface area contributed by atoms with Gasteiger partial charge in [-0.05, 0) is 36.1 Å². The van der Waals surface area contributed by atoms with Gasteiger partial charge in [0.25, 0.3) is 5.56 Å². The molecule has 0 radical (unpaired) electrons. The van der Waals surface area contributed by atoms with E-state index in [1.54, 1.807) is 13.0 Å². The Hall–Kier alpha value is -2.34. The van der Waals surface area contributed by atoms with E-state index in [9.17, 15) is 14.4 Å². The molecule has 0 aliphatic rings. The number of hydrogen-bond acceptors (Lipinski definition) is 4. The van der Waals surface area contributed by atoms with Gasteiger partial charge in [-0.2, -0.15) is 0 Å². The zero-order valence-corrected chi connectivity index (χ0v) is 11.9. The molecule has 0 aliphatic heterocycles. The van der Waals surface area contributed by atoms with E-state index < -0.39 is 17.8 Å². The van der Waals surface area contributed by atoms with E-state index in [2.05, 4.69) is 4.98 Å². The van der Waals surface area contributed by atoms with Crippen molar-refractivity contribution in [3.63, 3.8) is 0 Å². The second-order valence-corrected chi connectivity index (χ2v) is 4.76. The number of nitrogens with two attached hydrogens (primary N) is 1. The molecule has 2 aromatic rings. The minimum absolute atomic E-state index is 0.107. The molecule has 7 heteroatoms. The van der Waals surface area contributed by atoms with Gasteiger partial charge in [-0.3, -0.25) is 14.4 Å². The van der Waals surface area contributed by atoms with Crippen molar-refractivity contribution in [1.29, 1.82) is 0 Å². The van der Waals surface area contributed by atoms with Crippen LogP contribution in [0.5, 0.6) is 0 Å². The molecular formula is C14H13ClN2O4. The van der Waals surface area contributed by atoms with E-state index in [1.165, 1.54) is 18.3 Å². The number of rotatable bonds is 4. The van der Waals surface area contributed by atoms with Crippen LogP contribution in [0.15, 0.2) is 29.2 Å². The smallest absolute Gasteiger partial charge is 0.323 e. The number of pyridine rings is 1. The summed E-state index contributed by atoms with van der Waals surface area (Å²) >= 11 is 6.09. The molecule has 110 valence electrons. The predicted octanol–water partition coefficient (Wildman–Crippen LogP) is 1.31. The van der Waals surface area contributed by atoms with Crippen molar-refractivity contribution in [2.45, 2.75) is 12.8 Å². The molecule has 1 amide bonds. The Kier molecular flexibility index (Phi) is 4.28. The number of primary amides is 1. The number of carbonyl (C=O) groups is 2. The van der Waals surface area contributed by atoms with E-state index >= 15 is 0 Å². The molecule has 0 aliphatic carbocycles. The van der Waals surface area contributed by atoms with Gasteiger partial charge in [-0.25, -0.2) is 0 Å². The first-order chi connectivity index (χ1) is 9.95. The molecule has 1 heterocycles. The number of halogens is 1. The zero-order valence-electron chi connectivity index (χ0n) is 11.2. The summed E-state index contributed by atoms with van der Waals surface area (Å²) in [5.41, 5.74) is 5.19. The van der Waals surface area contributed by atoms with Crippen molar-refractivity contribution in [3.8, 4) is 0 Å². The minimum atomic E-state index is -1.30. The lowest BCUT2D eigenvalue weighted by Crippen LogP contribution is -2.30. The van der Waals surface area contributed by atoms with Crippen LogP contribution in [-0.2, 0) is 14.3 Å². The lowest BCUT2D eigenvalue weighted by Gasteiger charge is -2.14. The molecule has 21 heavy (non-hydrogen) atoms. The molecule has 3 N–H and O–H groups in total. The molecule has 0 saturated carbocycles. The van der Waals surface area contributed by atoms with Gasteiger partial charge in [0, 0.05) is 16.6 Å². The highest BCUT2D eigenvalue weighted by atomic mass is 35.5. The Balaban J connectivity index is 2.63. The number of ether oxygens (including phenoxy) is 1. The molecule has 0 bridgehead atoms.